The molecule has 1 N–H and O–H groups in total. The number of imide groups is 1. The molecule has 1 atom stereocenters. The number of ether oxygens (including phenoxy) is 1. The van der Waals surface area contributed by atoms with Crippen LogP contribution in [0.4, 0.5) is 15.9 Å². The van der Waals surface area contributed by atoms with Gasteiger partial charge >= 0.3 is 0 Å². The highest BCUT2D eigenvalue weighted by Crippen LogP contribution is 2.52. The number of likely N-dealkylation sites (tertiary alicyclic amines) is 3. The first-order valence-corrected chi connectivity index (χ1v) is 28.0. The summed E-state index contributed by atoms with van der Waals surface area (Å²) in [6.07, 6.45) is 14.5. The van der Waals surface area contributed by atoms with Crippen molar-refractivity contribution < 1.29 is 33.1 Å². The molecule has 76 heavy (non-hydrogen) atoms. The second kappa shape index (κ2) is 20.7. The molecular weight excluding hydrogens is 964 g/mol. The van der Waals surface area contributed by atoms with Gasteiger partial charge in [-0.25, -0.2) is 19.3 Å². The van der Waals surface area contributed by atoms with Gasteiger partial charge in [0, 0.05) is 93.6 Å². The van der Waals surface area contributed by atoms with Crippen molar-refractivity contribution in [2.24, 2.45) is 11.8 Å². The number of halogens is 1. The number of nitrogens with zero attached hydrogens (tertiary/aromatic N) is 9. The van der Waals surface area contributed by atoms with E-state index in [1.54, 1.807) is 30.7 Å². The number of fused-ring (bicyclic) bond motifs is 3. The monoisotopic (exact) mass is 1030 g/mol. The highest BCUT2D eigenvalue weighted by molar-refractivity contribution is 6.09. The molecule has 16 nitrogen and oxygen atoms in total. The smallest absolute Gasteiger partial charge is 0.246 e. The van der Waals surface area contributed by atoms with Crippen molar-refractivity contribution in [2.75, 3.05) is 62.2 Å². The van der Waals surface area contributed by atoms with E-state index >= 15 is 9.18 Å². The van der Waals surface area contributed by atoms with Gasteiger partial charge in [0.25, 0.3) is 0 Å². The Morgan fingerprint density at radius 2 is 1.58 bits per heavy atom. The number of carbonyl (C=O) groups excluding carboxylic acids is 5. The maximum atomic E-state index is 15.3. The number of para-hydroxylation sites is 1. The van der Waals surface area contributed by atoms with Crippen LogP contribution in [0.3, 0.4) is 0 Å². The fraction of sp³-hybridized carbons (Fsp3) is 0.525. The van der Waals surface area contributed by atoms with Gasteiger partial charge in [0.1, 0.15) is 11.3 Å². The van der Waals surface area contributed by atoms with Crippen LogP contribution in [0.1, 0.15) is 127 Å². The number of rotatable bonds is 11. The van der Waals surface area contributed by atoms with Gasteiger partial charge in [-0.15, -0.1) is 0 Å². The quantitative estimate of drug-likeness (QED) is 0.127. The van der Waals surface area contributed by atoms with Crippen molar-refractivity contribution in [1.29, 1.82) is 0 Å². The molecule has 0 radical (unpaired) electrons. The molecule has 17 heteroatoms. The lowest BCUT2D eigenvalue weighted by Crippen LogP contribution is -2.58. The normalized spacial score (nSPS) is 23.6. The Morgan fingerprint density at radius 3 is 2.29 bits per heavy atom. The fourth-order valence-corrected chi connectivity index (χ4v) is 13.5. The summed E-state index contributed by atoms with van der Waals surface area (Å²) in [4.78, 5) is 92.5. The molecule has 6 fully saturated rings. The average Bonchev–Trinajstić information content (AvgIpc) is 3.98. The Balaban J connectivity index is 0.697. The Morgan fingerprint density at radius 1 is 0.816 bits per heavy atom. The van der Waals surface area contributed by atoms with Gasteiger partial charge < -0.3 is 33.8 Å². The van der Waals surface area contributed by atoms with E-state index in [1.807, 2.05) is 38.6 Å². The van der Waals surface area contributed by atoms with E-state index < -0.39 is 11.2 Å². The lowest BCUT2D eigenvalue weighted by Gasteiger charge is -2.48. The van der Waals surface area contributed by atoms with Crippen molar-refractivity contribution in [3.8, 4) is 22.9 Å². The molecule has 6 aliphatic heterocycles. The van der Waals surface area contributed by atoms with Crippen LogP contribution >= 0.6 is 0 Å². The third-order valence-electron chi connectivity index (χ3n) is 18.1. The summed E-state index contributed by atoms with van der Waals surface area (Å²) in [7, 11) is 0. The molecule has 1 saturated carbocycles. The highest BCUT2D eigenvalue weighted by atomic mass is 19.1. The highest BCUT2D eigenvalue weighted by Gasteiger charge is 2.56. The van der Waals surface area contributed by atoms with Crippen LogP contribution in [-0.2, 0) is 29.4 Å². The maximum absolute atomic E-state index is 15.3. The van der Waals surface area contributed by atoms with E-state index in [4.69, 9.17) is 14.7 Å². The summed E-state index contributed by atoms with van der Waals surface area (Å²) >= 11 is 0. The average molecular weight is 1030 g/mol. The number of amides is 5. The number of hydrogen-bond acceptors (Lipinski definition) is 11. The lowest BCUT2D eigenvalue weighted by atomic mass is 9.73. The molecule has 5 saturated heterocycles. The number of pyridine rings is 2. The van der Waals surface area contributed by atoms with E-state index in [9.17, 15) is 19.2 Å². The number of piperidine rings is 5. The zero-order chi connectivity index (χ0) is 52.2. The molecule has 5 amide bonds. The summed E-state index contributed by atoms with van der Waals surface area (Å²) in [5.41, 5.74) is 4.76. The zero-order valence-corrected chi connectivity index (χ0v) is 43.8. The van der Waals surface area contributed by atoms with E-state index in [1.165, 1.54) is 25.3 Å². The standard InChI is InChI=1S/C59H69FN10O6/c1-37(2)69-36-62-48-34-47(63-56(54(48)69)76-50-9-5-4-8-46(50)60)40-10-13-45-49(31-40)70(43-32-42(33-43)65-22-6-3-7-23-65)58(75)59(45)20-28-68(29-21-59)57(74)39-18-26-67(27-19-39)53(72)30-38-16-24-66(25-17-38)51-14-11-41(35-61-51)44-12-15-52(71)64-55(44)73/h4-5,8-11,13-14,31,34-39,42-44H,3,6-7,12,15-30,32-33H2,1-2H3,(H,64,71,73)/t42-,43+,44?. The van der Waals surface area contributed by atoms with Gasteiger partial charge in [-0.3, -0.25) is 29.3 Å². The minimum atomic E-state index is -0.752. The summed E-state index contributed by atoms with van der Waals surface area (Å²) in [6, 6.07) is 19.0. The first kappa shape index (κ1) is 50.1. The molecule has 2 aromatic carbocycles. The van der Waals surface area contributed by atoms with Gasteiger partial charge in [0.2, 0.25) is 35.4 Å². The number of carbonyl (C=O) groups is 5. The molecule has 3 aromatic heterocycles. The maximum Gasteiger partial charge on any atom is 0.246 e. The van der Waals surface area contributed by atoms with Crippen LogP contribution in [-0.4, -0.2) is 128 Å². The van der Waals surface area contributed by atoms with Crippen LogP contribution in [0, 0.1) is 17.7 Å². The fourth-order valence-electron chi connectivity index (χ4n) is 13.5. The number of nitrogens with one attached hydrogen (secondary N) is 1. The van der Waals surface area contributed by atoms with Crippen molar-refractivity contribution in [3.63, 3.8) is 0 Å². The van der Waals surface area contributed by atoms with Crippen LogP contribution in [0.25, 0.3) is 22.3 Å². The van der Waals surface area contributed by atoms with Gasteiger partial charge in [0.05, 0.1) is 28.9 Å². The number of anilines is 2. The molecule has 1 unspecified atom stereocenters. The Labute approximate surface area is 443 Å². The molecule has 0 bridgehead atoms. The van der Waals surface area contributed by atoms with Gasteiger partial charge in [-0.1, -0.05) is 36.8 Å². The predicted octanol–water partition coefficient (Wildman–Crippen LogP) is 8.29. The van der Waals surface area contributed by atoms with E-state index in [2.05, 4.69) is 51.0 Å². The number of imidazole rings is 1. The van der Waals surface area contributed by atoms with E-state index in [0.29, 0.717) is 93.9 Å². The minimum Gasteiger partial charge on any atom is -0.434 e. The molecule has 9 heterocycles. The third-order valence-corrected chi connectivity index (χ3v) is 18.1. The summed E-state index contributed by atoms with van der Waals surface area (Å²) < 4.78 is 23.3. The Kier molecular flexibility index (Phi) is 13.6. The Bertz CT molecular complexity index is 3030. The molecule has 7 aliphatic rings. The molecule has 5 aromatic rings. The lowest BCUT2D eigenvalue weighted by molar-refractivity contribution is -0.143. The number of aromatic nitrogens is 4. The molecule has 1 aliphatic carbocycles. The first-order valence-electron chi connectivity index (χ1n) is 28.0. The molecular formula is C59H69FN10O6. The number of benzene rings is 2. The minimum absolute atomic E-state index is 0.0537. The summed E-state index contributed by atoms with van der Waals surface area (Å²) in [5.74, 6) is 0.373. The van der Waals surface area contributed by atoms with Crippen LogP contribution in [0.5, 0.6) is 11.6 Å². The predicted molar refractivity (Wildman–Crippen MR) is 285 cm³/mol. The zero-order valence-electron chi connectivity index (χ0n) is 43.8. The van der Waals surface area contributed by atoms with Crippen LogP contribution in [0.2, 0.25) is 0 Å². The van der Waals surface area contributed by atoms with Crippen molar-refractivity contribution in [2.45, 2.75) is 133 Å². The van der Waals surface area contributed by atoms with Gasteiger partial charge in [-0.05, 0) is 145 Å². The Hall–Kier alpha value is -6.75. The SMILES string of the molecule is CC(C)n1cnc2cc(-c3ccc4c(c3)N([C@H]3C[C@@H](N5CCCCC5)C3)C(=O)C43CCN(C(=O)C4CCN(C(=O)CC5CCN(c6ccc(C7CCC(=O)NC7=O)cn6)CC5)CC4)CC3)nc(Oc3ccccc3F)c21. The van der Waals surface area contributed by atoms with Crippen LogP contribution in [0.15, 0.2) is 73.2 Å². The van der Waals surface area contributed by atoms with Crippen molar-refractivity contribution in [1.82, 2.24) is 39.5 Å². The number of hydrogen-bond donors (Lipinski definition) is 1. The largest absolute Gasteiger partial charge is 0.434 e. The molecule has 1 spiro atoms. The molecule has 12 rings (SSSR count). The van der Waals surface area contributed by atoms with Gasteiger partial charge in [0.15, 0.2) is 11.6 Å². The topological polar surface area (TPSA) is 166 Å². The molecule has 398 valence electrons. The summed E-state index contributed by atoms with van der Waals surface area (Å²) in [5, 5.41) is 2.42. The van der Waals surface area contributed by atoms with Crippen molar-refractivity contribution in [3.05, 3.63) is 90.1 Å². The second-order valence-corrected chi connectivity index (χ2v) is 22.9. The third kappa shape index (κ3) is 9.39. The van der Waals surface area contributed by atoms with E-state index in [0.717, 1.165) is 80.1 Å². The van der Waals surface area contributed by atoms with Crippen LogP contribution < -0.4 is 19.9 Å². The van der Waals surface area contributed by atoms with E-state index in [-0.39, 0.29) is 71.0 Å². The second-order valence-electron chi connectivity index (χ2n) is 22.9. The summed E-state index contributed by atoms with van der Waals surface area (Å²) in [6.45, 7) is 10.0. The van der Waals surface area contributed by atoms with Gasteiger partial charge in [-0.2, -0.15) is 0 Å². The van der Waals surface area contributed by atoms with Crippen molar-refractivity contribution >= 4 is 52.1 Å². The first-order chi connectivity index (χ1) is 36.9.